The van der Waals surface area contributed by atoms with Crippen LogP contribution >= 0.6 is 12.2 Å². The highest BCUT2D eigenvalue weighted by atomic mass is 32.1. The molecular weight excluding hydrogens is 253 g/mol. The maximum absolute atomic E-state index is 12.6. The lowest BCUT2D eigenvalue weighted by Crippen LogP contribution is -2.46. The molecule has 100 valence electrons. The predicted molar refractivity (Wildman–Crippen MR) is 62.6 cm³/mol. The SMILES string of the molecule is NC(=S)C(CN1CCC(CO)CC1)C(F)(F)F. The highest BCUT2D eigenvalue weighted by Gasteiger charge is 2.42. The van der Waals surface area contributed by atoms with Crippen molar-refractivity contribution < 1.29 is 18.3 Å². The van der Waals surface area contributed by atoms with E-state index in [1.807, 2.05) is 0 Å². The molecule has 0 amide bonds. The van der Waals surface area contributed by atoms with Crippen LogP contribution in [0, 0.1) is 11.8 Å². The molecule has 0 aromatic rings. The molecule has 0 radical (unpaired) electrons. The zero-order chi connectivity index (χ0) is 13.1. The second-order valence-corrected chi connectivity index (χ2v) is 4.89. The summed E-state index contributed by atoms with van der Waals surface area (Å²) in [5.41, 5.74) is 5.14. The lowest BCUT2D eigenvalue weighted by Gasteiger charge is -2.33. The molecule has 3 N–H and O–H groups in total. The van der Waals surface area contributed by atoms with E-state index < -0.39 is 17.1 Å². The Morgan fingerprint density at radius 3 is 2.29 bits per heavy atom. The molecule has 1 saturated heterocycles. The standard InChI is InChI=1S/C10H17F3N2OS/c11-10(12,13)8(9(14)17)5-15-3-1-7(6-16)2-4-15/h7-8,16H,1-6H2,(H2,14,17). The van der Waals surface area contributed by atoms with Gasteiger partial charge in [0.05, 0.1) is 4.99 Å². The third-order valence-corrected chi connectivity index (χ3v) is 3.43. The summed E-state index contributed by atoms with van der Waals surface area (Å²) in [5.74, 6) is -1.52. The molecule has 1 heterocycles. The Balaban J connectivity index is 2.50. The van der Waals surface area contributed by atoms with Crippen LogP contribution in [0.2, 0.25) is 0 Å². The number of nitrogens with zero attached hydrogens (tertiary/aromatic N) is 1. The molecule has 7 heteroatoms. The summed E-state index contributed by atoms with van der Waals surface area (Å²) in [5, 5.41) is 8.94. The van der Waals surface area contributed by atoms with Gasteiger partial charge < -0.3 is 15.7 Å². The van der Waals surface area contributed by atoms with Gasteiger partial charge in [0.15, 0.2) is 0 Å². The Hall–Kier alpha value is -0.400. The number of thiocarbonyl (C=S) groups is 1. The molecule has 0 spiro atoms. The van der Waals surface area contributed by atoms with E-state index in [0.717, 1.165) is 12.8 Å². The third-order valence-electron chi connectivity index (χ3n) is 3.14. The molecule has 0 aromatic heterocycles. The van der Waals surface area contributed by atoms with Crippen molar-refractivity contribution in [3.05, 3.63) is 0 Å². The molecule has 1 atom stereocenters. The Kier molecular flexibility index (Phi) is 5.15. The van der Waals surface area contributed by atoms with Gasteiger partial charge in [-0.25, -0.2) is 0 Å². The van der Waals surface area contributed by atoms with Crippen LogP contribution in [0.1, 0.15) is 12.8 Å². The summed E-state index contributed by atoms with van der Waals surface area (Å²) >= 11 is 4.47. The Morgan fingerprint density at radius 2 is 1.94 bits per heavy atom. The highest BCUT2D eigenvalue weighted by molar-refractivity contribution is 7.80. The van der Waals surface area contributed by atoms with Crippen LogP contribution in [0.4, 0.5) is 13.2 Å². The fourth-order valence-electron chi connectivity index (χ4n) is 1.96. The topological polar surface area (TPSA) is 49.5 Å². The van der Waals surface area contributed by atoms with Crippen molar-refractivity contribution in [1.82, 2.24) is 4.90 Å². The van der Waals surface area contributed by atoms with Crippen LogP contribution < -0.4 is 5.73 Å². The lowest BCUT2D eigenvalue weighted by atomic mass is 9.97. The van der Waals surface area contributed by atoms with Crippen molar-refractivity contribution in [3.63, 3.8) is 0 Å². The molecule has 0 aromatic carbocycles. The minimum absolute atomic E-state index is 0.103. The number of nitrogens with two attached hydrogens (primary N) is 1. The number of hydrogen-bond donors (Lipinski definition) is 2. The van der Waals surface area contributed by atoms with Crippen molar-refractivity contribution in [3.8, 4) is 0 Å². The van der Waals surface area contributed by atoms with Crippen LogP contribution in [0.5, 0.6) is 0 Å². The summed E-state index contributed by atoms with van der Waals surface area (Å²) in [6.45, 7) is 1.05. The van der Waals surface area contributed by atoms with Crippen molar-refractivity contribution in [1.29, 1.82) is 0 Å². The Morgan fingerprint density at radius 1 is 1.41 bits per heavy atom. The van der Waals surface area contributed by atoms with Crippen molar-refractivity contribution in [2.24, 2.45) is 17.6 Å². The molecule has 3 nitrogen and oxygen atoms in total. The van der Waals surface area contributed by atoms with Gasteiger partial charge in [-0.05, 0) is 31.8 Å². The van der Waals surface area contributed by atoms with Crippen molar-refractivity contribution >= 4 is 17.2 Å². The van der Waals surface area contributed by atoms with Gasteiger partial charge in [-0.15, -0.1) is 0 Å². The van der Waals surface area contributed by atoms with E-state index in [0.29, 0.717) is 13.1 Å². The fraction of sp³-hybridized carbons (Fsp3) is 0.900. The van der Waals surface area contributed by atoms with Gasteiger partial charge in [0.1, 0.15) is 5.92 Å². The number of piperidine rings is 1. The molecule has 17 heavy (non-hydrogen) atoms. The number of aliphatic hydroxyl groups is 1. The number of hydrogen-bond acceptors (Lipinski definition) is 3. The zero-order valence-corrected chi connectivity index (χ0v) is 10.2. The van der Waals surface area contributed by atoms with Crippen LogP contribution in [0.15, 0.2) is 0 Å². The van der Waals surface area contributed by atoms with E-state index in [2.05, 4.69) is 12.2 Å². The molecule has 1 aliphatic heterocycles. The minimum atomic E-state index is -4.38. The van der Waals surface area contributed by atoms with E-state index in [9.17, 15) is 13.2 Å². The fourth-order valence-corrected chi connectivity index (χ4v) is 2.17. The largest absolute Gasteiger partial charge is 0.399 e. The summed E-state index contributed by atoms with van der Waals surface area (Å²) in [7, 11) is 0. The number of alkyl halides is 3. The first kappa shape index (κ1) is 14.7. The Bertz CT molecular complexity index is 265. The van der Waals surface area contributed by atoms with Gasteiger partial charge >= 0.3 is 6.18 Å². The lowest BCUT2D eigenvalue weighted by molar-refractivity contribution is -0.160. The van der Waals surface area contributed by atoms with Gasteiger partial charge in [0.2, 0.25) is 0 Å². The summed E-state index contributed by atoms with van der Waals surface area (Å²) < 4.78 is 37.9. The molecule has 0 bridgehead atoms. The van der Waals surface area contributed by atoms with Gasteiger partial charge in [0.25, 0.3) is 0 Å². The maximum Gasteiger partial charge on any atom is 0.399 e. The zero-order valence-electron chi connectivity index (χ0n) is 9.41. The number of halogens is 3. The van der Waals surface area contributed by atoms with E-state index in [1.54, 1.807) is 4.90 Å². The first-order valence-electron chi connectivity index (χ1n) is 5.54. The first-order chi connectivity index (χ1) is 7.84. The molecule has 0 aliphatic carbocycles. The highest BCUT2D eigenvalue weighted by Crippen LogP contribution is 2.28. The van der Waals surface area contributed by atoms with E-state index >= 15 is 0 Å². The first-order valence-corrected chi connectivity index (χ1v) is 5.94. The predicted octanol–water partition coefficient (Wildman–Crippen LogP) is 1.16. The Labute approximate surface area is 104 Å². The van der Waals surface area contributed by atoms with Crippen LogP contribution in [-0.2, 0) is 0 Å². The molecule has 1 fully saturated rings. The summed E-state index contributed by atoms with van der Waals surface area (Å²) in [4.78, 5) is 1.21. The number of aliphatic hydroxyl groups excluding tert-OH is 1. The summed E-state index contributed by atoms with van der Waals surface area (Å²) in [6, 6.07) is 0. The quantitative estimate of drug-likeness (QED) is 0.753. The second-order valence-electron chi connectivity index (χ2n) is 4.42. The molecular formula is C10H17F3N2OS. The summed E-state index contributed by atoms with van der Waals surface area (Å²) in [6.07, 6.45) is -2.93. The molecule has 1 rings (SSSR count). The molecule has 1 aliphatic rings. The van der Waals surface area contributed by atoms with Crippen LogP contribution in [-0.4, -0.2) is 47.4 Å². The van der Waals surface area contributed by atoms with Crippen LogP contribution in [0.3, 0.4) is 0 Å². The van der Waals surface area contributed by atoms with Gasteiger partial charge in [0, 0.05) is 13.2 Å². The van der Waals surface area contributed by atoms with Gasteiger partial charge in [-0.2, -0.15) is 13.2 Å². The van der Waals surface area contributed by atoms with Crippen molar-refractivity contribution in [2.75, 3.05) is 26.2 Å². The monoisotopic (exact) mass is 270 g/mol. The van der Waals surface area contributed by atoms with E-state index in [4.69, 9.17) is 10.8 Å². The van der Waals surface area contributed by atoms with Gasteiger partial charge in [-0.3, -0.25) is 0 Å². The smallest absolute Gasteiger partial charge is 0.396 e. The normalized spacial score (nSPS) is 21.4. The average Bonchev–Trinajstić information content (AvgIpc) is 2.24. The van der Waals surface area contributed by atoms with Gasteiger partial charge in [-0.1, -0.05) is 12.2 Å². The maximum atomic E-state index is 12.6. The van der Waals surface area contributed by atoms with E-state index in [-0.39, 0.29) is 19.1 Å². The van der Waals surface area contributed by atoms with Crippen LogP contribution in [0.25, 0.3) is 0 Å². The molecule has 1 unspecified atom stereocenters. The average molecular weight is 270 g/mol. The number of rotatable bonds is 4. The molecule has 0 saturated carbocycles. The third kappa shape index (κ3) is 4.40. The second kappa shape index (κ2) is 5.97. The van der Waals surface area contributed by atoms with Crippen molar-refractivity contribution in [2.45, 2.75) is 19.0 Å². The minimum Gasteiger partial charge on any atom is -0.396 e. The number of likely N-dealkylation sites (tertiary alicyclic amines) is 1. The van der Waals surface area contributed by atoms with E-state index in [1.165, 1.54) is 0 Å².